The molecule has 0 amide bonds. The van der Waals surface area contributed by atoms with E-state index in [2.05, 4.69) is 26.8 Å². The first-order valence-corrected chi connectivity index (χ1v) is 6.78. The highest BCUT2D eigenvalue weighted by Gasteiger charge is 2.25. The van der Waals surface area contributed by atoms with Crippen LogP contribution in [0.5, 0.6) is 5.75 Å². The Morgan fingerprint density at radius 3 is 2.05 bits per heavy atom. The van der Waals surface area contributed by atoms with Crippen LogP contribution in [0, 0.1) is 19.3 Å². The standard InChI is InChI=1S/C17H26O2/c1-11-12(2)15(19)14(16(3,4)5)8-13(11)9-17(6,7)10-18/h8,10,19H,9H2,1-7H3. The van der Waals surface area contributed by atoms with Crippen LogP contribution in [0.15, 0.2) is 6.07 Å². The number of aromatic hydroxyl groups is 1. The van der Waals surface area contributed by atoms with Gasteiger partial charge in [-0.2, -0.15) is 0 Å². The van der Waals surface area contributed by atoms with Crippen LogP contribution in [0.4, 0.5) is 0 Å². The molecule has 0 aliphatic rings. The van der Waals surface area contributed by atoms with Crippen LogP contribution in [-0.2, 0) is 16.6 Å². The Balaban J connectivity index is 3.42. The molecule has 0 fully saturated rings. The van der Waals surface area contributed by atoms with Crippen molar-refractivity contribution >= 4 is 6.29 Å². The van der Waals surface area contributed by atoms with E-state index < -0.39 is 0 Å². The van der Waals surface area contributed by atoms with Gasteiger partial charge in [-0.3, -0.25) is 0 Å². The van der Waals surface area contributed by atoms with Gasteiger partial charge in [0.15, 0.2) is 0 Å². The van der Waals surface area contributed by atoms with Crippen molar-refractivity contribution in [1.29, 1.82) is 0 Å². The second-order valence-electron chi connectivity index (χ2n) is 7.22. The number of hydrogen-bond acceptors (Lipinski definition) is 2. The van der Waals surface area contributed by atoms with Gasteiger partial charge in [-0.05, 0) is 47.9 Å². The zero-order valence-electron chi connectivity index (χ0n) is 13.2. The number of benzene rings is 1. The van der Waals surface area contributed by atoms with Gasteiger partial charge in [0, 0.05) is 5.41 Å². The van der Waals surface area contributed by atoms with E-state index in [-0.39, 0.29) is 10.8 Å². The molecular weight excluding hydrogens is 236 g/mol. The second-order valence-corrected chi connectivity index (χ2v) is 7.22. The molecule has 0 bridgehead atoms. The molecule has 2 heteroatoms. The quantitative estimate of drug-likeness (QED) is 0.834. The largest absolute Gasteiger partial charge is 0.507 e. The zero-order chi connectivity index (χ0) is 15.0. The Kier molecular flexibility index (Phi) is 4.14. The maximum absolute atomic E-state index is 11.1. The molecule has 1 N–H and O–H groups in total. The van der Waals surface area contributed by atoms with E-state index in [0.29, 0.717) is 12.2 Å². The Morgan fingerprint density at radius 1 is 1.11 bits per heavy atom. The molecule has 1 aromatic rings. The van der Waals surface area contributed by atoms with Gasteiger partial charge in [0.1, 0.15) is 12.0 Å². The Hall–Kier alpha value is -1.31. The van der Waals surface area contributed by atoms with Crippen molar-refractivity contribution in [2.45, 2.75) is 60.3 Å². The van der Waals surface area contributed by atoms with Crippen LogP contribution in [0.25, 0.3) is 0 Å². The molecule has 0 spiro atoms. The molecule has 0 unspecified atom stereocenters. The number of carbonyl (C=O) groups excluding carboxylic acids is 1. The third-order valence-electron chi connectivity index (χ3n) is 3.75. The van der Waals surface area contributed by atoms with Gasteiger partial charge in [0.05, 0.1) is 0 Å². The van der Waals surface area contributed by atoms with Crippen LogP contribution < -0.4 is 0 Å². The summed E-state index contributed by atoms with van der Waals surface area (Å²) >= 11 is 0. The van der Waals surface area contributed by atoms with Gasteiger partial charge >= 0.3 is 0 Å². The summed E-state index contributed by atoms with van der Waals surface area (Å²) in [4.78, 5) is 11.1. The van der Waals surface area contributed by atoms with Crippen molar-refractivity contribution < 1.29 is 9.90 Å². The molecule has 0 aliphatic heterocycles. The fraction of sp³-hybridized carbons (Fsp3) is 0.588. The van der Waals surface area contributed by atoms with Crippen LogP contribution >= 0.6 is 0 Å². The molecule has 0 aromatic heterocycles. The van der Waals surface area contributed by atoms with Crippen molar-refractivity contribution in [3.05, 3.63) is 28.3 Å². The molecule has 106 valence electrons. The van der Waals surface area contributed by atoms with Crippen molar-refractivity contribution in [2.24, 2.45) is 5.41 Å². The monoisotopic (exact) mass is 262 g/mol. The van der Waals surface area contributed by atoms with Crippen molar-refractivity contribution in [3.63, 3.8) is 0 Å². The summed E-state index contributed by atoms with van der Waals surface area (Å²) in [6.45, 7) is 14.1. The first-order valence-electron chi connectivity index (χ1n) is 6.78. The summed E-state index contributed by atoms with van der Waals surface area (Å²) in [5.41, 5.74) is 3.63. The maximum atomic E-state index is 11.1. The van der Waals surface area contributed by atoms with Gasteiger partial charge in [0.2, 0.25) is 0 Å². The molecule has 2 nitrogen and oxygen atoms in total. The fourth-order valence-electron chi connectivity index (χ4n) is 2.26. The minimum atomic E-state index is -0.372. The lowest BCUT2D eigenvalue weighted by atomic mass is 9.79. The summed E-state index contributed by atoms with van der Waals surface area (Å²) < 4.78 is 0. The molecular formula is C17H26O2. The molecule has 0 heterocycles. The number of rotatable bonds is 3. The van der Waals surface area contributed by atoms with Gasteiger partial charge in [-0.15, -0.1) is 0 Å². The molecule has 0 saturated heterocycles. The number of carbonyl (C=O) groups is 1. The zero-order valence-corrected chi connectivity index (χ0v) is 13.2. The van der Waals surface area contributed by atoms with Crippen LogP contribution in [0.2, 0.25) is 0 Å². The highest BCUT2D eigenvalue weighted by Crippen LogP contribution is 2.37. The van der Waals surface area contributed by atoms with Gasteiger partial charge in [0.25, 0.3) is 0 Å². The van der Waals surface area contributed by atoms with Gasteiger partial charge < -0.3 is 9.90 Å². The number of phenols is 1. The minimum Gasteiger partial charge on any atom is -0.507 e. The molecule has 0 saturated carbocycles. The lowest BCUT2D eigenvalue weighted by molar-refractivity contribution is -0.114. The van der Waals surface area contributed by atoms with E-state index in [0.717, 1.165) is 28.5 Å². The third-order valence-corrected chi connectivity index (χ3v) is 3.75. The van der Waals surface area contributed by atoms with E-state index in [4.69, 9.17) is 0 Å². The van der Waals surface area contributed by atoms with E-state index in [1.165, 1.54) is 0 Å². The molecule has 0 radical (unpaired) electrons. The lowest BCUT2D eigenvalue weighted by Gasteiger charge is -2.26. The van der Waals surface area contributed by atoms with Crippen LogP contribution in [0.1, 0.15) is 56.9 Å². The van der Waals surface area contributed by atoms with Crippen molar-refractivity contribution in [3.8, 4) is 5.75 Å². The molecule has 0 atom stereocenters. The summed E-state index contributed by atoms with van der Waals surface area (Å²) in [5.74, 6) is 0.387. The predicted molar refractivity (Wildman–Crippen MR) is 79.8 cm³/mol. The normalized spacial score (nSPS) is 12.6. The first-order chi connectivity index (χ1) is 8.49. The van der Waals surface area contributed by atoms with E-state index in [1.54, 1.807) is 0 Å². The molecule has 1 aromatic carbocycles. The maximum Gasteiger partial charge on any atom is 0.125 e. The first kappa shape index (κ1) is 15.7. The van der Waals surface area contributed by atoms with Crippen LogP contribution in [0.3, 0.4) is 0 Å². The van der Waals surface area contributed by atoms with E-state index >= 15 is 0 Å². The van der Waals surface area contributed by atoms with E-state index in [9.17, 15) is 9.90 Å². The average molecular weight is 262 g/mol. The second kappa shape index (κ2) is 4.99. The Bertz CT molecular complexity index is 491. The van der Waals surface area contributed by atoms with Crippen molar-refractivity contribution in [1.82, 2.24) is 0 Å². The fourth-order valence-corrected chi connectivity index (χ4v) is 2.26. The molecule has 19 heavy (non-hydrogen) atoms. The SMILES string of the molecule is Cc1c(CC(C)(C)C=O)cc(C(C)(C)C)c(O)c1C. The lowest BCUT2D eigenvalue weighted by Crippen LogP contribution is -2.19. The van der Waals surface area contributed by atoms with Gasteiger partial charge in [-0.1, -0.05) is 40.7 Å². The van der Waals surface area contributed by atoms with Crippen molar-refractivity contribution in [2.75, 3.05) is 0 Å². The Morgan fingerprint density at radius 2 is 1.63 bits per heavy atom. The number of hydrogen-bond donors (Lipinski definition) is 1. The average Bonchev–Trinajstić information content (AvgIpc) is 2.28. The topological polar surface area (TPSA) is 37.3 Å². The Labute approximate surface area is 116 Å². The summed E-state index contributed by atoms with van der Waals surface area (Å²) in [7, 11) is 0. The molecule has 0 aliphatic carbocycles. The summed E-state index contributed by atoms with van der Waals surface area (Å²) in [5, 5.41) is 10.3. The molecule has 1 rings (SSSR count). The highest BCUT2D eigenvalue weighted by atomic mass is 16.3. The third kappa shape index (κ3) is 3.37. The summed E-state index contributed by atoms with van der Waals surface area (Å²) in [6.07, 6.45) is 1.71. The highest BCUT2D eigenvalue weighted by molar-refractivity contribution is 5.60. The van der Waals surface area contributed by atoms with Gasteiger partial charge in [-0.25, -0.2) is 0 Å². The predicted octanol–water partition coefficient (Wildman–Crippen LogP) is 4.07. The minimum absolute atomic E-state index is 0.109. The number of aldehydes is 1. The smallest absolute Gasteiger partial charge is 0.125 e. The van der Waals surface area contributed by atoms with E-state index in [1.807, 2.05) is 27.7 Å². The number of phenolic OH excluding ortho intramolecular Hbond substituents is 1. The summed E-state index contributed by atoms with van der Waals surface area (Å²) in [6, 6.07) is 2.06. The van der Waals surface area contributed by atoms with Crippen LogP contribution in [-0.4, -0.2) is 11.4 Å².